The summed E-state index contributed by atoms with van der Waals surface area (Å²) in [7, 11) is 0. The first-order valence-electron chi connectivity index (χ1n) is 7.92. The second-order valence-corrected chi connectivity index (χ2v) is 5.69. The molecule has 0 saturated carbocycles. The van der Waals surface area contributed by atoms with E-state index in [4.69, 9.17) is 9.40 Å². The van der Waals surface area contributed by atoms with Gasteiger partial charge in [0.25, 0.3) is 5.89 Å². The Labute approximate surface area is 143 Å². The van der Waals surface area contributed by atoms with Crippen LogP contribution in [0, 0.1) is 0 Å². The molecule has 0 bridgehead atoms. The summed E-state index contributed by atoms with van der Waals surface area (Å²) in [5.74, 6) is 0.877. The fourth-order valence-electron chi connectivity index (χ4n) is 2.87. The van der Waals surface area contributed by atoms with Gasteiger partial charge in [0, 0.05) is 22.5 Å². The van der Waals surface area contributed by atoms with E-state index >= 15 is 0 Å². The van der Waals surface area contributed by atoms with E-state index in [2.05, 4.69) is 15.2 Å². The van der Waals surface area contributed by atoms with Crippen LogP contribution in [0.15, 0.2) is 77.3 Å². The van der Waals surface area contributed by atoms with Crippen molar-refractivity contribution in [3.05, 3.63) is 72.9 Å². The van der Waals surface area contributed by atoms with Gasteiger partial charge in [-0.05, 0) is 24.3 Å². The van der Waals surface area contributed by atoms with E-state index < -0.39 is 0 Å². The van der Waals surface area contributed by atoms with Crippen molar-refractivity contribution in [2.45, 2.75) is 0 Å². The Morgan fingerprint density at radius 3 is 2.28 bits per heavy atom. The molecule has 3 heterocycles. The van der Waals surface area contributed by atoms with Crippen LogP contribution in [0.4, 0.5) is 0 Å². The highest BCUT2D eigenvalue weighted by molar-refractivity contribution is 6.03. The molecule has 0 saturated heterocycles. The van der Waals surface area contributed by atoms with Gasteiger partial charge in [-0.15, -0.1) is 10.2 Å². The number of rotatable bonds is 2. The van der Waals surface area contributed by atoms with E-state index in [0.29, 0.717) is 17.5 Å². The van der Waals surface area contributed by atoms with Gasteiger partial charge in [-0.3, -0.25) is 4.98 Å². The molecule has 0 unspecified atom stereocenters. The maximum absolute atomic E-state index is 5.81. The number of fused-ring (bicyclic) bond motifs is 3. The first kappa shape index (κ1) is 13.8. The van der Waals surface area contributed by atoms with E-state index in [1.54, 1.807) is 6.20 Å². The summed E-state index contributed by atoms with van der Waals surface area (Å²) in [4.78, 5) is 9.19. The molecule has 0 fully saturated rings. The van der Waals surface area contributed by atoms with Gasteiger partial charge in [0.1, 0.15) is 5.69 Å². The van der Waals surface area contributed by atoms with Gasteiger partial charge >= 0.3 is 0 Å². The van der Waals surface area contributed by atoms with Gasteiger partial charge in [0.05, 0.1) is 11.0 Å². The lowest BCUT2D eigenvalue weighted by atomic mass is 10.1. The van der Waals surface area contributed by atoms with E-state index in [9.17, 15) is 0 Å². The third-order valence-electron chi connectivity index (χ3n) is 4.10. The van der Waals surface area contributed by atoms with Crippen molar-refractivity contribution in [2.75, 3.05) is 0 Å². The molecule has 0 aliphatic rings. The van der Waals surface area contributed by atoms with Gasteiger partial charge in [-0.25, -0.2) is 4.98 Å². The monoisotopic (exact) mass is 324 g/mol. The highest BCUT2D eigenvalue weighted by Gasteiger charge is 2.13. The topological polar surface area (TPSA) is 64.7 Å². The molecular weight excluding hydrogens is 312 g/mol. The minimum absolute atomic E-state index is 0.397. The second-order valence-electron chi connectivity index (χ2n) is 5.69. The summed E-state index contributed by atoms with van der Waals surface area (Å²) in [6.07, 6.45) is 1.77. The number of hydrogen-bond donors (Lipinski definition) is 0. The van der Waals surface area contributed by atoms with Crippen LogP contribution >= 0.6 is 0 Å². The van der Waals surface area contributed by atoms with Crippen LogP contribution in [0.25, 0.3) is 44.8 Å². The van der Waals surface area contributed by atoms with Crippen LogP contribution in [-0.4, -0.2) is 20.2 Å². The van der Waals surface area contributed by atoms with Crippen LogP contribution in [-0.2, 0) is 0 Å². The maximum atomic E-state index is 5.81. The molecule has 3 aromatic heterocycles. The van der Waals surface area contributed by atoms with Crippen molar-refractivity contribution in [1.82, 2.24) is 20.2 Å². The van der Waals surface area contributed by atoms with Crippen molar-refractivity contribution in [1.29, 1.82) is 0 Å². The second kappa shape index (κ2) is 5.49. The van der Waals surface area contributed by atoms with E-state index in [0.717, 1.165) is 27.4 Å². The molecule has 5 heteroatoms. The van der Waals surface area contributed by atoms with Gasteiger partial charge in [-0.2, -0.15) is 0 Å². The molecular formula is C20H12N4O. The van der Waals surface area contributed by atoms with E-state index in [-0.39, 0.29) is 0 Å². The number of benzene rings is 2. The predicted octanol–water partition coefficient (Wildman–Crippen LogP) is 4.50. The Kier molecular flexibility index (Phi) is 3.03. The van der Waals surface area contributed by atoms with Gasteiger partial charge in [0.2, 0.25) is 5.89 Å². The molecule has 2 aromatic carbocycles. The molecule has 0 atom stereocenters. The molecule has 5 nitrogen and oxygen atoms in total. The molecule has 0 spiro atoms. The lowest BCUT2D eigenvalue weighted by molar-refractivity contribution is 0.582. The van der Waals surface area contributed by atoms with Crippen LogP contribution < -0.4 is 0 Å². The van der Waals surface area contributed by atoms with Gasteiger partial charge < -0.3 is 4.42 Å². The number of pyridine rings is 2. The molecule has 0 aliphatic heterocycles. The molecule has 0 N–H and O–H groups in total. The average Bonchev–Trinajstić information content (AvgIpc) is 3.18. The highest BCUT2D eigenvalue weighted by atomic mass is 16.4. The van der Waals surface area contributed by atoms with Gasteiger partial charge in [-0.1, -0.05) is 42.5 Å². The third-order valence-corrected chi connectivity index (χ3v) is 4.10. The summed E-state index contributed by atoms with van der Waals surface area (Å²) in [5.41, 5.74) is 3.22. The third kappa shape index (κ3) is 2.33. The summed E-state index contributed by atoms with van der Waals surface area (Å²) < 4.78 is 5.81. The van der Waals surface area contributed by atoms with Gasteiger partial charge in [0.15, 0.2) is 0 Å². The highest BCUT2D eigenvalue weighted by Crippen LogP contribution is 2.27. The van der Waals surface area contributed by atoms with Crippen LogP contribution in [0.5, 0.6) is 0 Å². The molecule has 118 valence electrons. The zero-order chi connectivity index (χ0) is 16.6. The Morgan fingerprint density at radius 1 is 0.640 bits per heavy atom. The normalized spacial score (nSPS) is 11.2. The minimum atomic E-state index is 0.397. The predicted molar refractivity (Wildman–Crippen MR) is 95.8 cm³/mol. The van der Waals surface area contributed by atoms with E-state index in [1.165, 1.54) is 0 Å². The molecule has 25 heavy (non-hydrogen) atoms. The first-order valence-corrected chi connectivity index (χ1v) is 7.92. The van der Waals surface area contributed by atoms with Crippen LogP contribution in [0.3, 0.4) is 0 Å². The van der Waals surface area contributed by atoms with Crippen molar-refractivity contribution in [3.8, 4) is 23.0 Å². The molecule has 5 aromatic rings. The number of hydrogen-bond acceptors (Lipinski definition) is 5. The summed E-state index contributed by atoms with van der Waals surface area (Å²) in [5, 5.41) is 10.4. The molecule has 0 amide bonds. The Bertz CT molecular complexity index is 1200. The summed E-state index contributed by atoms with van der Waals surface area (Å²) in [6, 6.07) is 21.6. The Morgan fingerprint density at radius 2 is 1.40 bits per heavy atom. The zero-order valence-corrected chi connectivity index (χ0v) is 13.1. The summed E-state index contributed by atoms with van der Waals surface area (Å²) in [6.45, 7) is 0. The lowest BCUT2D eigenvalue weighted by Gasteiger charge is -2.03. The summed E-state index contributed by atoms with van der Waals surface area (Å²) >= 11 is 0. The fourth-order valence-corrected chi connectivity index (χ4v) is 2.87. The average molecular weight is 324 g/mol. The lowest BCUT2D eigenvalue weighted by Crippen LogP contribution is -1.88. The fraction of sp³-hybridized carbons (Fsp3) is 0. The van der Waals surface area contributed by atoms with E-state index in [1.807, 2.05) is 66.7 Å². The number of nitrogens with zero attached hydrogens (tertiary/aromatic N) is 4. The Hall–Kier alpha value is -3.60. The van der Waals surface area contributed by atoms with Crippen LogP contribution in [0.1, 0.15) is 0 Å². The first-order chi connectivity index (χ1) is 12.4. The van der Waals surface area contributed by atoms with Crippen LogP contribution in [0.2, 0.25) is 0 Å². The number of aromatic nitrogens is 4. The van der Waals surface area contributed by atoms with Crippen molar-refractivity contribution in [3.63, 3.8) is 0 Å². The maximum Gasteiger partial charge on any atom is 0.266 e. The SMILES string of the molecule is c1ccc(-c2nnc(-c3ccc4ccc5cccnc5c4n3)o2)cc1. The molecule has 0 aliphatic carbocycles. The molecule has 5 rings (SSSR count). The van der Waals surface area contributed by atoms with Crippen molar-refractivity contribution >= 4 is 21.8 Å². The minimum Gasteiger partial charge on any atom is -0.415 e. The standard InChI is InChI=1S/C20H12N4O/c1-2-5-15(6-3-1)19-23-24-20(25-19)16-11-10-14-9-8-13-7-4-12-21-17(13)18(14)22-16/h1-12H. The largest absolute Gasteiger partial charge is 0.415 e. The smallest absolute Gasteiger partial charge is 0.266 e. The Balaban J connectivity index is 1.66. The zero-order valence-electron chi connectivity index (χ0n) is 13.1. The van der Waals surface area contributed by atoms with Crippen molar-refractivity contribution in [2.24, 2.45) is 0 Å². The quantitative estimate of drug-likeness (QED) is 0.447. The molecule has 0 radical (unpaired) electrons. The van der Waals surface area contributed by atoms with Crippen molar-refractivity contribution < 1.29 is 4.42 Å².